The molecule has 1 aliphatic heterocycles. The lowest BCUT2D eigenvalue weighted by molar-refractivity contribution is -0.380. The Morgan fingerprint density at radius 1 is 1.19 bits per heavy atom. The van der Waals surface area contributed by atoms with Gasteiger partial charge in [-0.2, -0.15) is 0 Å². The molecule has 1 N–H and O–H groups in total. The normalized spacial score (nSPS) is 11.9. The van der Waals surface area contributed by atoms with Gasteiger partial charge in [-0.1, -0.05) is 17.4 Å². The summed E-state index contributed by atoms with van der Waals surface area (Å²) in [5, 5.41) is 13.8. The third-order valence-electron chi connectivity index (χ3n) is 4.66. The number of hydrogen-bond acceptors (Lipinski definition) is 9. The van der Waals surface area contributed by atoms with Crippen LogP contribution in [0.4, 0.5) is 10.0 Å². The van der Waals surface area contributed by atoms with Crippen molar-refractivity contribution in [1.82, 2.24) is 0 Å². The number of nitrogens with zero attached hydrogens (tertiary/aromatic N) is 1. The van der Waals surface area contributed by atoms with Gasteiger partial charge in [0.15, 0.2) is 11.5 Å². The highest BCUT2D eigenvalue weighted by molar-refractivity contribution is 7.18. The Kier molecular flexibility index (Phi) is 5.61. The van der Waals surface area contributed by atoms with Crippen LogP contribution in [0.2, 0.25) is 0 Å². The van der Waals surface area contributed by atoms with Crippen LogP contribution in [0.3, 0.4) is 0 Å². The number of fused-ring (bicyclic) bond motifs is 1. The van der Waals surface area contributed by atoms with Crippen molar-refractivity contribution in [3.05, 3.63) is 66.9 Å². The summed E-state index contributed by atoms with van der Waals surface area (Å²) in [6.45, 7) is 1.97. The van der Waals surface area contributed by atoms with Crippen molar-refractivity contribution >= 4 is 44.6 Å². The first-order valence-electron chi connectivity index (χ1n) is 9.02. The van der Waals surface area contributed by atoms with Gasteiger partial charge in [0, 0.05) is 17.4 Å². The zero-order valence-corrected chi connectivity index (χ0v) is 18.1. The first kappa shape index (κ1) is 20.8. The molecule has 3 aromatic rings. The number of rotatable bonds is 6. The van der Waals surface area contributed by atoms with E-state index in [4.69, 9.17) is 14.2 Å². The number of hydrogen-bond donors (Lipinski definition) is 1. The maximum atomic E-state index is 12.6. The molecule has 1 aromatic carbocycles. The molecule has 2 aromatic heterocycles. The van der Waals surface area contributed by atoms with Crippen LogP contribution in [0.25, 0.3) is 0 Å². The van der Waals surface area contributed by atoms with Gasteiger partial charge in [0.25, 0.3) is 5.91 Å². The number of anilines is 1. The van der Waals surface area contributed by atoms with E-state index in [9.17, 15) is 19.7 Å². The van der Waals surface area contributed by atoms with E-state index in [0.717, 1.165) is 21.8 Å². The van der Waals surface area contributed by atoms with Gasteiger partial charge >= 0.3 is 11.0 Å². The summed E-state index contributed by atoms with van der Waals surface area (Å²) >= 11 is 2.02. The molecule has 160 valence electrons. The van der Waals surface area contributed by atoms with Crippen molar-refractivity contribution in [3.63, 3.8) is 0 Å². The minimum Gasteiger partial charge on any atom is -0.465 e. The number of ether oxygens (including phenoxy) is 3. The number of carbonyl (C=O) groups excluding carboxylic acids is 2. The fourth-order valence-electron chi connectivity index (χ4n) is 3.11. The van der Waals surface area contributed by atoms with Crippen LogP contribution in [0.1, 0.15) is 36.0 Å². The second-order valence-corrected chi connectivity index (χ2v) is 8.73. The van der Waals surface area contributed by atoms with Gasteiger partial charge in [-0.25, -0.2) is 4.79 Å². The Labute approximate surface area is 184 Å². The van der Waals surface area contributed by atoms with Gasteiger partial charge in [0.1, 0.15) is 5.00 Å². The smallest absolute Gasteiger partial charge is 0.341 e. The zero-order valence-electron chi connectivity index (χ0n) is 16.4. The second kappa shape index (κ2) is 8.36. The number of benzene rings is 1. The largest absolute Gasteiger partial charge is 0.465 e. The van der Waals surface area contributed by atoms with E-state index in [1.807, 2.05) is 18.2 Å². The van der Waals surface area contributed by atoms with Crippen LogP contribution in [-0.4, -0.2) is 30.7 Å². The predicted octanol–water partition coefficient (Wildman–Crippen LogP) is 4.38. The van der Waals surface area contributed by atoms with Gasteiger partial charge in [0.05, 0.1) is 22.5 Å². The van der Waals surface area contributed by atoms with Crippen molar-refractivity contribution < 1.29 is 28.7 Å². The monoisotopic (exact) mass is 460 g/mol. The van der Waals surface area contributed by atoms with Crippen molar-refractivity contribution in [3.8, 4) is 11.5 Å². The van der Waals surface area contributed by atoms with Gasteiger partial charge in [-0.05, 0) is 36.2 Å². The third kappa shape index (κ3) is 4.09. The lowest BCUT2D eigenvalue weighted by Crippen LogP contribution is -2.13. The number of amides is 1. The number of nitro groups is 1. The van der Waals surface area contributed by atoms with Crippen LogP contribution in [0, 0.1) is 17.0 Å². The van der Waals surface area contributed by atoms with E-state index in [-0.39, 0.29) is 22.2 Å². The molecule has 3 heterocycles. The molecule has 0 aliphatic carbocycles. The molecule has 4 rings (SSSR count). The Balaban J connectivity index is 1.63. The van der Waals surface area contributed by atoms with Crippen LogP contribution in [-0.2, 0) is 11.2 Å². The predicted molar refractivity (Wildman–Crippen MR) is 115 cm³/mol. The van der Waals surface area contributed by atoms with Crippen LogP contribution in [0.5, 0.6) is 11.5 Å². The van der Waals surface area contributed by atoms with E-state index in [1.165, 1.54) is 30.6 Å². The van der Waals surface area contributed by atoms with E-state index >= 15 is 0 Å². The summed E-state index contributed by atoms with van der Waals surface area (Å²) in [5.74, 6) is 0.241. The average Bonchev–Trinajstić information content (AvgIpc) is 3.47. The highest BCUT2D eigenvalue weighted by atomic mass is 32.1. The number of thiophene rings is 2. The van der Waals surface area contributed by atoms with E-state index in [0.29, 0.717) is 28.5 Å². The maximum Gasteiger partial charge on any atom is 0.341 e. The molecule has 11 heteroatoms. The second-order valence-electron chi connectivity index (χ2n) is 6.56. The average molecular weight is 460 g/mol. The molecular weight excluding hydrogens is 444 g/mol. The summed E-state index contributed by atoms with van der Waals surface area (Å²) in [7, 11) is 1.27. The van der Waals surface area contributed by atoms with Crippen LogP contribution < -0.4 is 14.8 Å². The van der Waals surface area contributed by atoms with Crippen molar-refractivity contribution in [2.24, 2.45) is 0 Å². The molecule has 0 bridgehead atoms. The van der Waals surface area contributed by atoms with Gasteiger partial charge in [-0.3, -0.25) is 14.9 Å². The van der Waals surface area contributed by atoms with Crippen molar-refractivity contribution in [2.75, 3.05) is 19.2 Å². The molecule has 0 radical (unpaired) electrons. The fourth-order valence-corrected chi connectivity index (χ4v) is 5.05. The zero-order chi connectivity index (χ0) is 22.1. The lowest BCUT2D eigenvalue weighted by atomic mass is 10.1. The molecule has 31 heavy (non-hydrogen) atoms. The van der Waals surface area contributed by atoms with Gasteiger partial charge < -0.3 is 19.5 Å². The SMILES string of the molecule is COC(=O)c1c(NC(=O)c2ccc([N+](=O)[O-])s2)sc(Cc2ccc3c(c2)OCO3)c1C. The number of nitrogens with one attached hydrogen (secondary N) is 1. The molecule has 0 spiro atoms. The molecule has 9 nitrogen and oxygen atoms in total. The summed E-state index contributed by atoms with van der Waals surface area (Å²) in [5.41, 5.74) is 1.92. The molecule has 0 saturated heterocycles. The molecule has 0 atom stereocenters. The molecule has 0 unspecified atom stereocenters. The lowest BCUT2D eigenvalue weighted by Gasteiger charge is -2.05. The Hall–Kier alpha value is -3.44. The van der Waals surface area contributed by atoms with Crippen LogP contribution in [0.15, 0.2) is 30.3 Å². The molecular formula is C20H16N2O7S2. The van der Waals surface area contributed by atoms with Crippen LogP contribution >= 0.6 is 22.7 Å². The van der Waals surface area contributed by atoms with E-state index in [2.05, 4.69) is 5.32 Å². The first-order chi connectivity index (χ1) is 14.9. The fraction of sp³-hybridized carbons (Fsp3) is 0.200. The van der Waals surface area contributed by atoms with E-state index < -0.39 is 16.8 Å². The summed E-state index contributed by atoms with van der Waals surface area (Å²) in [6.07, 6.45) is 0.511. The Morgan fingerprint density at radius 3 is 2.68 bits per heavy atom. The minimum absolute atomic E-state index is 0.135. The maximum absolute atomic E-state index is 12.6. The molecule has 1 aliphatic rings. The molecule has 1 amide bonds. The minimum atomic E-state index is -0.571. The van der Waals surface area contributed by atoms with Crippen molar-refractivity contribution in [1.29, 1.82) is 0 Å². The topological polar surface area (TPSA) is 117 Å². The standard InChI is InChI=1S/C20H16N2O7S2/c1-10-15(8-11-3-4-12-13(7-11)29-9-28-12)31-19(17(10)20(24)27-2)21-18(23)14-5-6-16(30-14)22(25)26/h3-7H,8-9H2,1-2H3,(H,21,23). The Bertz CT molecular complexity index is 1200. The molecule has 0 saturated carbocycles. The Morgan fingerprint density at radius 2 is 1.97 bits per heavy atom. The van der Waals surface area contributed by atoms with Crippen molar-refractivity contribution in [2.45, 2.75) is 13.3 Å². The molecule has 0 fully saturated rings. The highest BCUT2D eigenvalue weighted by Gasteiger charge is 2.25. The number of methoxy groups -OCH3 is 1. The quantitative estimate of drug-likeness (QED) is 0.329. The summed E-state index contributed by atoms with van der Waals surface area (Å²) in [6, 6.07) is 8.26. The third-order valence-corrected chi connectivity index (χ3v) is 6.90. The first-order valence-corrected chi connectivity index (χ1v) is 10.7. The van der Waals surface area contributed by atoms with Gasteiger partial charge in [-0.15, -0.1) is 11.3 Å². The number of carbonyl (C=O) groups is 2. The number of esters is 1. The van der Waals surface area contributed by atoms with E-state index in [1.54, 1.807) is 6.92 Å². The summed E-state index contributed by atoms with van der Waals surface area (Å²) in [4.78, 5) is 36.4. The highest BCUT2D eigenvalue weighted by Crippen LogP contribution is 2.38. The summed E-state index contributed by atoms with van der Waals surface area (Å²) < 4.78 is 15.6. The van der Waals surface area contributed by atoms with Gasteiger partial charge in [0.2, 0.25) is 6.79 Å².